The lowest BCUT2D eigenvalue weighted by atomic mass is 10.0. The van der Waals surface area contributed by atoms with Gasteiger partial charge in [0.1, 0.15) is 0 Å². The zero-order valence-electron chi connectivity index (χ0n) is 9.75. The highest BCUT2D eigenvalue weighted by atomic mass is 14.9. The summed E-state index contributed by atoms with van der Waals surface area (Å²) in [5.41, 5.74) is 2.70. The highest BCUT2D eigenvalue weighted by Crippen LogP contribution is 2.14. The fraction of sp³-hybridized carbons (Fsp3) is 0.385. The van der Waals surface area contributed by atoms with E-state index in [0.717, 1.165) is 6.54 Å². The fourth-order valence-electron chi connectivity index (χ4n) is 1.34. The van der Waals surface area contributed by atoms with Gasteiger partial charge in [-0.05, 0) is 17.0 Å². The summed E-state index contributed by atoms with van der Waals surface area (Å²) in [7, 11) is 1.88. The van der Waals surface area contributed by atoms with Crippen molar-refractivity contribution in [3.8, 4) is 0 Å². The van der Waals surface area contributed by atoms with Gasteiger partial charge in [0.15, 0.2) is 0 Å². The molecule has 2 nitrogen and oxygen atoms in total. The second-order valence-electron chi connectivity index (χ2n) is 3.90. The van der Waals surface area contributed by atoms with Crippen molar-refractivity contribution in [2.24, 2.45) is 0 Å². The summed E-state index contributed by atoms with van der Waals surface area (Å²) in [5, 5.41) is 6.14. The maximum atomic E-state index is 3.21. The molecule has 0 radical (unpaired) electrons. The van der Waals surface area contributed by atoms with Gasteiger partial charge in [-0.2, -0.15) is 0 Å². The molecule has 2 N–H and O–H groups in total. The Hall–Kier alpha value is -1.44. The molecule has 82 valence electrons. The van der Waals surface area contributed by atoms with Gasteiger partial charge in [-0.3, -0.25) is 0 Å². The Morgan fingerprint density at radius 3 is 2.33 bits per heavy atom. The Balaban J connectivity index is 2.46. The molecule has 2 heteroatoms. The van der Waals surface area contributed by atoms with Crippen LogP contribution in [0.1, 0.15) is 30.9 Å². The third-order valence-corrected chi connectivity index (χ3v) is 2.32. The molecule has 0 aliphatic heterocycles. The van der Waals surface area contributed by atoms with Gasteiger partial charge >= 0.3 is 0 Å². The van der Waals surface area contributed by atoms with Crippen molar-refractivity contribution >= 4 is 0 Å². The predicted molar refractivity (Wildman–Crippen MR) is 65.6 cm³/mol. The van der Waals surface area contributed by atoms with Gasteiger partial charge < -0.3 is 10.6 Å². The zero-order chi connectivity index (χ0) is 11.1. The Labute approximate surface area is 92.4 Å². The maximum absolute atomic E-state index is 3.21. The Bertz CT molecular complexity index is 299. The smallest absolute Gasteiger partial charge is 0.0395 e. The molecule has 0 aromatic heterocycles. The summed E-state index contributed by atoms with van der Waals surface area (Å²) in [4.78, 5) is 0. The van der Waals surface area contributed by atoms with Crippen molar-refractivity contribution in [1.29, 1.82) is 0 Å². The highest BCUT2D eigenvalue weighted by molar-refractivity contribution is 5.24. The van der Waals surface area contributed by atoms with Crippen LogP contribution in [0, 0.1) is 0 Å². The third-order valence-electron chi connectivity index (χ3n) is 2.32. The van der Waals surface area contributed by atoms with Crippen LogP contribution in [0.25, 0.3) is 0 Å². The van der Waals surface area contributed by atoms with Crippen LogP contribution in [0.15, 0.2) is 36.7 Å². The minimum Gasteiger partial charge on any atom is -0.393 e. The van der Waals surface area contributed by atoms with E-state index in [1.165, 1.54) is 11.1 Å². The lowest BCUT2D eigenvalue weighted by molar-refractivity contribution is 0.844. The Morgan fingerprint density at radius 1 is 1.13 bits per heavy atom. The fourth-order valence-corrected chi connectivity index (χ4v) is 1.34. The molecule has 0 unspecified atom stereocenters. The molecule has 0 aliphatic rings. The number of hydrogen-bond donors (Lipinski definition) is 2. The molecular weight excluding hydrogens is 184 g/mol. The van der Waals surface area contributed by atoms with E-state index in [-0.39, 0.29) is 0 Å². The second-order valence-corrected chi connectivity index (χ2v) is 3.90. The molecule has 0 saturated heterocycles. The van der Waals surface area contributed by atoms with Crippen molar-refractivity contribution < 1.29 is 0 Å². The van der Waals surface area contributed by atoms with Gasteiger partial charge in [0.25, 0.3) is 0 Å². The summed E-state index contributed by atoms with van der Waals surface area (Å²) in [6, 6.07) is 8.75. The first-order chi connectivity index (χ1) is 7.24. The average Bonchev–Trinajstić information content (AvgIpc) is 2.25. The summed E-state index contributed by atoms with van der Waals surface area (Å²) < 4.78 is 0. The molecule has 0 spiro atoms. The second kappa shape index (κ2) is 6.12. The monoisotopic (exact) mass is 204 g/mol. The van der Waals surface area contributed by atoms with E-state index in [1.54, 1.807) is 0 Å². The van der Waals surface area contributed by atoms with Crippen molar-refractivity contribution in [2.45, 2.75) is 26.3 Å². The average molecular weight is 204 g/mol. The van der Waals surface area contributed by atoms with Crippen LogP contribution in [0.2, 0.25) is 0 Å². The van der Waals surface area contributed by atoms with Gasteiger partial charge in [-0.25, -0.2) is 0 Å². The predicted octanol–water partition coefficient (Wildman–Crippen LogP) is 2.59. The molecule has 0 aliphatic carbocycles. The van der Waals surface area contributed by atoms with Gasteiger partial charge in [0.05, 0.1) is 0 Å². The van der Waals surface area contributed by atoms with Crippen LogP contribution in [-0.4, -0.2) is 7.05 Å². The number of nitrogens with one attached hydrogen (secondary N) is 2. The SMILES string of the molecule is CN/C=C\NCc1ccc(C(C)C)cc1. The van der Waals surface area contributed by atoms with Crippen molar-refractivity contribution in [1.82, 2.24) is 10.6 Å². The summed E-state index contributed by atoms with van der Waals surface area (Å²) in [6.07, 6.45) is 3.79. The molecule has 0 amide bonds. The van der Waals surface area contributed by atoms with E-state index in [9.17, 15) is 0 Å². The van der Waals surface area contributed by atoms with Gasteiger partial charge in [0, 0.05) is 26.0 Å². The summed E-state index contributed by atoms with van der Waals surface area (Å²) >= 11 is 0. The number of benzene rings is 1. The van der Waals surface area contributed by atoms with Gasteiger partial charge in [0.2, 0.25) is 0 Å². The lowest BCUT2D eigenvalue weighted by Gasteiger charge is -2.06. The quantitative estimate of drug-likeness (QED) is 0.770. The molecular formula is C13H20N2. The minimum atomic E-state index is 0.608. The van der Waals surface area contributed by atoms with Crippen LogP contribution in [0.5, 0.6) is 0 Å². The third kappa shape index (κ3) is 4.07. The zero-order valence-corrected chi connectivity index (χ0v) is 9.75. The maximum Gasteiger partial charge on any atom is 0.0395 e. The van der Waals surface area contributed by atoms with Crippen LogP contribution < -0.4 is 10.6 Å². The molecule has 0 saturated carbocycles. The molecule has 0 heterocycles. The lowest BCUT2D eigenvalue weighted by Crippen LogP contribution is -2.06. The molecule has 1 aromatic rings. The van der Waals surface area contributed by atoms with Gasteiger partial charge in [-0.15, -0.1) is 0 Å². The Morgan fingerprint density at radius 2 is 1.80 bits per heavy atom. The molecule has 1 aromatic carbocycles. The molecule has 0 bridgehead atoms. The number of rotatable bonds is 5. The van der Waals surface area contributed by atoms with E-state index in [4.69, 9.17) is 0 Å². The first-order valence-electron chi connectivity index (χ1n) is 5.38. The number of hydrogen-bond acceptors (Lipinski definition) is 2. The topological polar surface area (TPSA) is 24.1 Å². The van der Waals surface area contributed by atoms with E-state index in [0.29, 0.717) is 5.92 Å². The molecule has 1 rings (SSSR count). The van der Waals surface area contributed by atoms with Crippen LogP contribution >= 0.6 is 0 Å². The largest absolute Gasteiger partial charge is 0.393 e. The molecule has 0 atom stereocenters. The Kier molecular flexibility index (Phi) is 4.75. The van der Waals surface area contributed by atoms with Crippen molar-refractivity contribution in [2.75, 3.05) is 7.05 Å². The standard InChI is InChI=1S/C13H20N2/c1-11(2)13-6-4-12(5-7-13)10-15-9-8-14-3/h4-9,11,14-15H,10H2,1-3H3/b9-8-. The first kappa shape index (κ1) is 11.6. The van der Waals surface area contributed by atoms with E-state index >= 15 is 0 Å². The molecule has 0 fully saturated rings. The highest BCUT2D eigenvalue weighted by Gasteiger charge is 1.97. The molecule has 15 heavy (non-hydrogen) atoms. The van der Waals surface area contributed by atoms with Crippen LogP contribution in [0.4, 0.5) is 0 Å². The van der Waals surface area contributed by atoms with Crippen molar-refractivity contribution in [3.05, 3.63) is 47.8 Å². The first-order valence-corrected chi connectivity index (χ1v) is 5.38. The van der Waals surface area contributed by atoms with Crippen LogP contribution in [-0.2, 0) is 6.54 Å². The van der Waals surface area contributed by atoms with Crippen LogP contribution in [0.3, 0.4) is 0 Å². The minimum absolute atomic E-state index is 0.608. The van der Waals surface area contributed by atoms with E-state index in [2.05, 4.69) is 48.7 Å². The van der Waals surface area contributed by atoms with E-state index < -0.39 is 0 Å². The summed E-state index contributed by atoms with van der Waals surface area (Å²) in [6.45, 7) is 5.29. The van der Waals surface area contributed by atoms with E-state index in [1.807, 2.05) is 19.4 Å². The van der Waals surface area contributed by atoms with Crippen molar-refractivity contribution in [3.63, 3.8) is 0 Å². The van der Waals surface area contributed by atoms with Gasteiger partial charge in [-0.1, -0.05) is 38.1 Å². The normalized spacial score (nSPS) is 10.9. The summed E-state index contributed by atoms with van der Waals surface area (Å²) in [5.74, 6) is 0.608.